The summed E-state index contributed by atoms with van der Waals surface area (Å²) in [5, 5.41) is 2.72. The molecule has 2 heterocycles. The van der Waals surface area contributed by atoms with E-state index in [1.54, 1.807) is 62.6 Å². The zero-order valence-electron chi connectivity index (χ0n) is 30.0. The maximum absolute atomic E-state index is 12.9. The van der Waals surface area contributed by atoms with E-state index in [0.29, 0.717) is 47.2 Å². The highest BCUT2D eigenvalue weighted by Gasteiger charge is 2.34. The molecular weight excluding hydrogens is 684 g/mol. The second-order valence-corrected chi connectivity index (χ2v) is 11.8. The summed E-state index contributed by atoms with van der Waals surface area (Å²) in [5.74, 6) is 0.686. The van der Waals surface area contributed by atoms with Crippen LogP contribution in [0.2, 0.25) is 0 Å². The maximum atomic E-state index is 12.9. The number of ether oxygens (including phenoxy) is 6. The third-order valence-electron chi connectivity index (χ3n) is 8.39. The van der Waals surface area contributed by atoms with Crippen LogP contribution in [0.3, 0.4) is 0 Å². The van der Waals surface area contributed by atoms with Crippen LogP contribution in [-0.4, -0.2) is 78.4 Å². The molecule has 0 unspecified atom stereocenters. The van der Waals surface area contributed by atoms with Gasteiger partial charge in [-0.2, -0.15) is 0 Å². The Kier molecular flexibility index (Phi) is 13.2. The number of hydrogen-bond acceptors (Lipinski definition) is 10. The number of carbonyl (C=O) groups is 4. The summed E-state index contributed by atoms with van der Waals surface area (Å²) in [6.07, 6.45) is -1.09. The second kappa shape index (κ2) is 18.4. The largest absolute Gasteiger partial charge is 0.497 e. The molecule has 0 saturated carbocycles. The van der Waals surface area contributed by atoms with Gasteiger partial charge in [-0.05, 0) is 35.4 Å². The van der Waals surface area contributed by atoms with Crippen LogP contribution in [0.25, 0.3) is 0 Å². The van der Waals surface area contributed by atoms with Gasteiger partial charge in [0.25, 0.3) is 0 Å². The molecule has 6 rings (SSSR count). The average molecular weight is 727 g/mol. The molecule has 278 valence electrons. The molecule has 53 heavy (non-hydrogen) atoms. The van der Waals surface area contributed by atoms with E-state index in [0.717, 1.165) is 11.1 Å². The molecule has 0 spiro atoms. The lowest BCUT2D eigenvalue weighted by molar-refractivity contribution is -0.119. The van der Waals surface area contributed by atoms with E-state index < -0.39 is 18.5 Å². The van der Waals surface area contributed by atoms with Crippen LogP contribution >= 0.6 is 0 Å². The SMILES string of the molecule is COc1ccc2c(c1)N(CCC(OC)OC)C(=O)CN2C(=O)OCc1ccccc1.COc1ccc2c(c1)NC(=O)CN2C(=O)OCc1ccccc1. The third-order valence-corrected chi connectivity index (χ3v) is 8.39. The summed E-state index contributed by atoms with van der Waals surface area (Å²) >= 11 is 0. The summed E-state index contributed by atoms with van der Waals surface area (Å²) < 4.78 is 31.6. The maximum Gasteiger partial charge on any atom is 0.415 e. The number of carbonyl (C=O) groups excluding carboxylic acids is 4. The Labute approximate surface area is 307 Å². The Morgan fingerprint density at radius 2 is 1.19 bits per heavy atom. The lowest BCUT2D eigenvalue weighted by Gasteiger charge is -2.36. The van der Waals surface area contributed by atoms with Gasteiger partial charge in [-0.15, -0.1) is 0 Å². The van der Waals surface area contributed by atoms with Gasteiger partial charge in [-0.25, -0.2) is 9.59 Å². The highest BCUT2D eigenvalue weighted by Crippen LogP contribution is 2.37. The fourth-order valence-corrected chi connectivity index (χ4v) is 5.64. The summed E-state index contributed by atoms with van der Waals surface area (Å²) in [7, 11) is 6.19. The topological polar surface area (TPSA) is 145 Å². The van der Waals surface area contributed by atoms with Crippen LogP contribution < -0.4 is 29.5 Å². The number of fused-ring (bicyclic) bond motifs is 2. The van der Waals surface area contributed by atoms with Crippen LogP contribution in [0, 0.1) is 0 Å². The third kappa shape index (κ3) is 9.81. The smallest absolute Gasteiger partial charge is 0.415 e. The van der Waals surface area contributed by atoms with Crippen molar-refractivity contribution >= 4 is 46.8 Å². The van der Waals surface area contributed by atoms with Gasteiger partial charge in [-0.3, -0.25) is 19.4 Å². The number of amides is 4. The predicted molar refractivity (Wildman–Crippen MR) is 197 cm³/mol. The normalized spacial score (nSPS) is 13.3. The number of benzene rings is 4. The number of rotatable bonds is 11. The molecule has 14 heteroatoms. The number of hydrogen-bond donors (Lipinski definition) is 1. The Bertz CT molecular complexity index is 1870. The summed E-state index contributed by atoms with van der Waals surface area (Å²) in [5.41, 5.74) is 4.03. The number of nitrogens with one attached hydrogen (secondary N) is 1. The number of methoxy groups -OCH3 is 4. The van der Waals surface area contributed by atoms with E-state index in [2.05, 4.69) is 5.32 Å². The Hall–Kier alpha value is -6.12. The fraction of sp³-hybridized carbons (Fsp3) is 0.282. The Balaban J connectivity index is 0.000000211. The first-order valence-corrected chi connectivity index (χ1v) is 16.7. The van der Waals surface area contributed by atoms with Crippen LogP contribution in [0.4, 0.5) is 32.3 Å². The zero-order valence-corrected chi connectivity index (χ0v) is 30.0. The molecule has 1 N–H and O–H groups in total. The fourth-order valence-electron chi connectivity index (χ4n) is 5.64. The van der Waals surface area contributed by atoms with Crippen molar-refractivity contribution in [1.82, 2.24) is 0 Å². The lowest BCUT2D eigenvalue weighted by atomic mass is 10.1. The average Bonchev–Trinajstić information content (AvgIpc) is 3.20. The summed E-state index contributed by atoms with van der Waals surface area (Å²) in [6.45, 7) is 0.467. The van der Waals surface area contributed by atoms with E-state index in [-0.39, 0.29) is 38.1 Å². The van der Waals surface area contributed by atoms with Crippen molar-refractivity contribution in [2.24, 2.45) is 0 Å². The van der Waals surface area contributed by atoms with Gasteiger partial charge in [-0.1, -0.05) is 60.7 Å². The van der Waals surface area contributed by atoms with E-state index in [4.69, 9.17) is 28.4 Å². The molecule has 14 nitrogen and oxygen atoms in total. The highest BCUT2D eigenvalue weighted by molar-refractivity contribution is 6.10. The molecule has 2 aliphatic heterocycles. The Morgan fingerprint density at radius 3 is 1.74 bits per heavy atom. The number of anilines is 4. The molecule has 4 aromatic rings. The number of nitrogens with zero attached hydrogens (tertiary/aromatic N) is 3. The van der Waals surface area contributed by atoms with Crippen molar-refractivity contribution in [2.45, 2.75) is 25.9 Å². The van der Waals surface area contributed by atoms with Gasteiger partial charge in [0.1, 0.15) is 37.8 Å². The molecule has 2 aliphatic rings. The molecule has 0 aliphatic carbocycles. The van der Waals surface area contributed by atoms with Crippen LogP contribution in [0.1, 0.15) is 17.5 Å². The molecule has 0 saturated heterocycles. The monoisotopic (exact) mass is 726 g/mol. The second-order valence-electron chi connectivity index (χ2n) is 11.8. The van der Waals surface area contributed by atoms with Crippen LogP contribution in [0.15, 0.2) is 97.1 Å². The van der Waals surface area contributed by atoms with E-state index in [1.807, 2.05) is 60.7 Å². The van der Waals surface area contributed by atoms with Crippen molar-refractivity contribution in [2.75, 3.05) is 68.1 Å². The standard InChI is InChI=1S/C22H26N2O6.C17H16N2O4/c1-27-17-9-10-18-19(13-17)23(12-11-21(28-2)29-3)20(25)14-24(18)22(26)30-15-16-7-5-4-6-8-16;1-22-13-7-8-15-14(9-13)18-16(20)10-19(15)17(21)23-11-12-5-3-2-4-6-12/h4-10,13,21H,11-12,14-15H2,1-3H3;2-9H,10-11H2,1H3,(H,18,20). The van der Waals surface area contributed by atoms with Gasteiger partial charge >= 0.3 is 12.2 Å². The quantitative estimate of drug-likeness (QED) is 0.183. The van der Waals surface area contributed by atoms with Gasteiger partial charge in [0.15, 0.2) is 6.29 Å². The van der Waals surface area contributed by atoms with Crippen molar-refractivity contribution in [3.05, 3.63) is 108 Å². The van der Waals surface area contributed by atoms with Gasteiger partial charge < -0.3 is 38.6 Å². The molecule has 0 radical (unpaired) electrons. The molecule has 0 fully saturated rings. The molecule has 0 aromatic heterocycles. The zero-order chi connectivity index (χ0) is 37.7. The molecular formula is C39H42N4O10. The van der Waals surface area contributed by atoms with Crippen molar-refractivity contribution in [3.63, 3.8) is 0 Å². The minimum Gasteiger partial charge on any atom is -0.497 e. The molecule has 0 bridgehead atoms. The van der Waals surface area contributed by atoms with Gasteiger partial charge in [0.2, 0.25) is 11.8 Å². The van der Waals surface area contributed by atoms with E-state index in [9.17, 15) is 19.2 Å². The van der Waals surface area contributed by atoms with Crippen molar-refractivity contribution in [1.29, 1.82) is 0 Å². The lowest BCUT2D eigenvalue weighted by Crippen LogP contribution is -2.49. The Morgan fingerprint density at radius 1 is 0.660 bits per heavy atom. The minimum atomic E-state index is -0.579. The molecule has 4 aromatic carbocycles. The first-order valence-electron chi connectivity index (χ1n) is 16.7. The van der Waals surface area contributed by atoms with E-state index >= 15 is 0 Å². The van der Waals surface area contributed by atoms with Crippen molar-refractivity contribution < 1.29 is 47.6 Å². The minimum absolute atomic E-state index is 0.0764. The van der Waals surface area contributed by atoms with Crippen LogP contribution in [-0.2, 0) is 41.8 Å². The first kappa shape index (κ1) is 38.1. The summed E-state index contributed by atoms with van der Waals surface area (Å²) in [4.78, 5) is 54.1. The summed E-state index contributed by atoms with van der Waals surface area (Å²) in [6, 6.07) is 29.1. The van der Waals surface area contributed by atoms with Crippen molar-refractivity contribution in [3.8, 4) is 11.5 Å². The van der Waals surface area contributed by atoms with Crippen LogP contribution in [0.5, 0.6) is 11.5 Å². The predicted octanol–water partition coefficient (Wildman–Crippen LogP) is 5.98. The first-order chi connectivity index (χ1) is 25.7. The van der Waals surface area contributed by atoms with Gasteiger partial charge in [0.05, 0.1) is 37.0 Å². The van der Waals surface area contributed by atoms with Gasteiger partial charge in [0, 0.05) is 39.3 Å². The molecule has 4 amide bonds. The highest BCUT2D eigenvalue weighted by atomic mass is 16.7. The van der Waals surface area contributed by atoms with E-state index in [1.165, 1.54) is 16.9 Å². The molecule has 0 atom stereocenters.